The number of aromatic nitrogens is 1. The first kappa shape index (κ1) is 10.4. The van der Waals surface area contributed by atoms with Gasteiger partial charge in [0.25, 0.3) is 0 Å². The SMILES string of the molecule is S=c1cccc(-c2ccc3c(c2)OCCO3)[nH]1. The van der Waals surface area contributed by atoms with Crippen molar-refractivity contribution in [2.45, 2.75) is 0 Å². The summed E-state index contributed by atoms with van der Waals surface area (Å²) < 4.78 is 11.8. The average molecular weight is 245 g/mol. The topological polar surface area (TPSA) is 34.2 Å². The van der Waals surface area contributed by atoms with Crippen molar-refractivity contribution in [1.82, 2.24) is 4.98 Å². The molecular formula is C13H11NO2S. The van der Waals surface area contributed by atoms with Crippen molar-refractivity contribution in [2.75, 3.05) is 13.2 Å². The second kappa shape index (κ2) is 4.22. The lowest BCUT2D eigenvalue weighted by Gasteiger charge is -2.18. The van der Waals surface area contributed by atoms with Gasteiger partial charge in [0.2, 0.25) is 0 Å². The predicted octanol–water partition coefficient (Wildman–Crippen LogP) is 3.18. The summed E-state index contributed by atoms with van der Waals surface area (Å²) in [5.74, 6) is 1.59. The lowest BCUT2D eigenvalue weighted by molar-refractivity contribution is 0.171. The molecular weight excluding hydrogens is 234 g/mol. The van der Waals surface area contributed by atoms with Crippen LogP contribution in [-0.2, 0) is 0 Å². The van der Waals surface area contributed by atoms with E-state index in [0.29, 0.717) is 13.2 Å². The van der Waals surface area contributed by atoms with E-state index in [0.717, 1.165) is 27.4 Å². The molecule has 2 heterocycles. The number of nitrogens with one attached hydrogen (secondary N) is 1. The second-order valence-corrected chi connectivity index (χ2v) is 4.23. The summed E-state index contributed by atoms with van der Waals surface area (Å²) in [7, 11) is 0. The molecule has 0 radical (unpaired) electrons. The van der Waals surface area contributed by atoms with Crippen LogP contribution >= 0.6 is 12.2 Å². The average Bonchev–Trinajstić information content (AvgIpc) is 2.38. The van der Waals surface area contributed by atoms with Gasteiger partial charge in [-0.25, -0.2) is 0 Å². The Hall–Kier alpha value is -1.81. The molecule has 1 aliphatic heterocycles. The van der Waals surface area contributed by atoms with E-state index in [9.17, 15) is 0 Å². The summed E-state index contributed by atoms with van der Waals surface area (Å²) in [4.78, 5) is 3.15. The van der Waals surface area contributed by atoms with Crippen molar-refractivity contribution >= 4 is 12.2 Å². The highest BCUT2D eigenvalue weighted by atomic mass is 32.1. The molecule has 0 amide bonds. The minimum absolute atomic E-state index is 0.598. The molecule has 0 atom stereocenters. The fourth-order valence-electron chi connectivity index (χ4n) is 1.83. The van der Waals surface area contributed by atoms with Crippen molar-refractivity contribution in [3.8, 4) is 22.8 Å². The van der Waals surface area contributed by atoms with Crippen molar-refractivity contribution in [1.29, 1.82) is 0 Å². The third kappa shape index (κ3) is 2.03. The Morgan fingerprint density at radius 1 is 1.00 bits per heavy atom. The maximum absolute atomic E-state index is 5.55. The highest BCUT2D eigenvalue weighted by molar-refractivity contribution is 7.71. The summed E-state index contributed by atoms with van der Waals surface area (Å²) >= 11 is 5.11. The highest BCUT2D eigenvalue weighted by Crippen LogP contribution is 2.33. The molecule has 17 heavy (non-hydrogen) atoms. The van der Waals surface area contributed by atoms with E-state index in [1.807, 2.05) is 36.4 Å². The molecule has 1 aliphatic rings. The first-order valence-corrected chi connectivity index (χ1v) is 5.83. The Morgan fingerprint density at radius 3 is 2.65 bits per heavy atom. The van der Waals surface area contributed by atoms with Crippen LogP contribution in [0, 0.1) is 4.64 Å². The number of hydrogen-bond acceptors (Lipinski definition) is 3. The largest absolute Gasteiger partial charge is 0.486 e. The summed E-state index contributed by atoms with van der Waals surface area (Å²) in [5, 5.41) is 0. The third-order valence-electron chi connectivity index (χ3n) is 2.62. The van der Waals surface area contributed by atoms with Gasteiger partial charge in [-0.1, -0.05) is 18.3 Å². The van der Waals surface area contributed by atoms with Gasteiger partial charge in [-0.3, -0.25) is 0 Å². The molecule has 1 aromatic carbocycles. The minimum Gasteiger partial charge on any atom is -0.486 e. The van der Waals surface area contributed by atoms with Gasteiger partial charge in [0.1, 0.15) is 17.9 Å². The van der Waals surface area contributed by atoms with E-state index >= 15 is 0 Å². The number of benzene rings is 1. The summed E-state index contributed by atoms with van der Waals surface area (Å²) in [5.41, 5.74) is 2.02. The molecule has 3 nitrogen and oxygen atoms in total. The summed E-state index contributed by atoms with van der Waals surface area (Å²) in [6, 6.07) is 11.7. The van der Waals surface area contributed by atoms with Crippen LogP contribution in [0.3, 0.4) is 0 Å². The van der Waals surface area contributed by atoms with E-state index in [1.54, 1.807) is 0 Å². The molecule has 4 heteroatoms. The predicted molar refractivity (Wildman–Crippen MR) is 68.1 cm³/mol. The van der Waals surface area contributed by atoms with Gasteiger partial charge in [0, 0.05) is 11.3 Å². The number of pyridine rings is 1. The van der Waals surface area contributed by atoms with Crippen LogP contribution < -0.4 is 9.47 Å². The fourth-order valence-corrected chi connectivity index (χ4v) is 2.02. The number of H-pyrrole nitrogens is 1. The Labute approximate surface area is 104 Å². The third-order valence-corrected chi connectivity index (χ3v) is 2.86. The van der Waals surface area contributed by atoms with Gasteiger partial charge < -0.3 is 14.5 Å². The van der Waals surface area contributed by atoms with Crippen LogP contribution in [0.25, 0.3) is 11.3 Å². The minimum atomic E-state index is 0.598. The molecule has 0 saturated heterocycles. The summed E-state index contributed by atoms with van der Waals surface area (Å²) in [6.45, 7) is 1.21. The van der Waals surface area contributed by atoms with Crippen molar-refractivity contribution in [3.63, 3.8) is 0 Å². The lowest BCUT2D eigenvalue weighted by Crippen LogP contribution is -2.15. The van der Waals surface area contributed by atoms with Crippen molar-refractivity contribution in [2.24, 2.45) is 0 Å². The Balaban J connectivity index is 2.07. The van der Waals surface area contributed by atoms with Gasteiger partial charge in [0.05, 0.1) is 0 Å². The second-order valence-electron chi connectivity index (χ2n) is 3.79. The van der Waals surface area contributed by atoms with Crippen molar-refractivity contribution < 1.29 is 9.47 Å². The quantitative estimate of drug-likeness (QED) is 0.783. The van der Waals surface area contributed by atoms with Gasteiger partial charge in [-0.2, -0.15) is 0 Å². The van der Waals surface area contributed by atoms with Crippen LogP contribution in [0.5, 0.6) is 11.5 Å². The smallest absolute Gasteiger partial charge is 0.162 e. The number of hydrogen-bond donors (Lipinski definition) is 1. The van der Waals surface area contributed by atoms with E-state index in [2.05, 4.69) is 4.98 Å². The van der Waals surface area contributed by atoms with Gasteiger partial charge in [0.15, 0.2) is 11.5 Å². The zero-order valence-electron chi connectivity index (χ0n) is 9.10. The van der Waals surface area contributed by atoms with Crippen LogP contribution in [0.1, 0.15) is 0 Å². The highest BCUT2D eigenvalue weighted by Gasteiger charge is 2.12. The fraction of sp³-hybridized carbons (Fsp3) is 0.154. The number of fused-ring (bicyclic) bond motifs is 1. The van der Waals surface area contributed by atoms with Gasteiger partial charge in [-0.05, 0) is 30.3 Å². The molecule has 0 unspecified atom stereocenters. The molecule has 0 saturated carbocycles. The Morgan fingerprint density at radius 2 is 1.82 bits per heavy atom. The summed E-state index contributed by atoms with van der Waals surface area (Å²) in [6.07, 6.45) is 0. The Bertz CT molecular complexity index is 606. The molecule has 2 aromatic rings. The zero-order chi connectivity index (χ0) is 11.7. The first-order chi connectivity index (χ1) is 8.33. The van der Waals surface area contributed by atoms with Crippen LogP contribution in [0.4, 0.5) is 0 Å². The number of aromatic amines is 1. The monoisotopic (exact) mass is 245 g/mol. The molecule has 0 bridgehead atoms. The maximum Gasteiger partial charge on any atom is 0.162 e. The molecule has 86 valence electrons. The van der Waals surface area contributed by atoms with Crippen molar-refractivity contribution in [3.05, 3.63) is 41.0 Å². The Kier molecular flexibility index (Phi) is 2.57. The zero-order valence-corrected chi connectivity index (χ0v) is 9.92. The van der Waals surface area contributed by atoms with E-state index in [1.165, 1.54) is 0 Å². The van der Waals surface area contributed by atoms with E-state index in [-0.39, 0.29) is 0 Å². The standard InChI is InChI=1S/C13H11NO2S/c17-13-3-1-2-10(14-13)9-4-5-11-12(8-9)16-7-6-15-11/h1-5,8H,6-7H2,(H,14,17). The number of ether oxygens (including phenoxy) is 2. The lowest BCUT2D eigenvalue weighted by atomic mass is 10.1. The van der Waals surface area contributed by atoms with Crippen LogP contribution in [-0.4, -0.2) is 18.2 Å². The molecule has 0 fully saturated rings. The molecule has 1 aromatic heterocycles. The van der Waals surface area contributed by atoms with E-state index < -0.39 is 0 Å². The normalized spacial score (nSPS) is 13.4. The van der Waals surface area contributed by atoms with Gasteiger partial charge in [-0.15, -0.1) is 0 Å². The molecule has 3 rings (SSSR count). The molecule has 1 N–H and O–H groups in total. The first-order valence-electron chi connectivity index (χ1n) is 5.42. The van der Waals surface area contributed by atoms with Gasteiger partial charge >= 0.3 is 0 Å². The number of rotatable bonds is 1. The van der Waals surface area contributed by atoms with E-state index in [4.69, 9.17) is 21.7 Å². The maximum atomic E-state index is 5.55. The van der Waals surface area contributed by atoms with Crippen LogP contribution in [0.15, 0.2) is 36.4 Å². The van der Waals surface area contributed by atoms with Crippen LogP contribution in [0.2, 0.25) is 0 Å². The molecule has 0 spiro atoms. The molecule has 0 aliphatic carbocycles.